The van der Waals surface area contributed by atoms with Gasteiger partial charge in [0.05, 0.1) is 14.2 Å². The quantitative estimate of drug-likeness (QED) is 0.856. The van der Waals surface area contributed by atoms with Gasteiger partial charge in [0.25, 0.3) is 0 Å². The molecule has 2 aromatic carbocycles. The summed E-state index contributed by atoms with van der Waals surface area (Å²) in [5, 5.41) is 2.78. The summed E-state index contributed by atoms with van der Waals surface area (Å²) in [4.78, 5) is 11.8. The summed E-state index contributed by atoms with van der Waals surface area (Å²) in [6.45, 7) is 0. The number of ether oxygens (including phenoxy) is 2. The van der Waals surface area contributed by atoms with E-state index in [-0.39, 0.29) is 5.91 Å². The second-order valence-corrected chi connectivity index (χ2v) is 4.33. The zero-order valence-electron chi connectivity index (χ0n) is 12.0. The van der Waals surface area contributed by atoms with Crippen molar-refractivity contribution in [2.24, 2.45) is 0 Å². The Morgan fingerprint density at radius 2 is 1.62 bits per heavy atom. The summed E-state index contributed by atoms with van der Waals surface area (Å²) < 4.78 is 10.4. The average molecular weight is 283 g/mol. The lowest BCUT2D eigenvalue weighted by molar-refractivity contribution is -0.111. The van der Waals surface area contributed by atoms with Gasteiger partial charge >= 0.3 is 0 Å². The number of hydrogen-bond acceptors (Lipinski definition) is 3. The maximum atomic E-state index is 11.8. The number of nitrogens with one attached hydrogen (secondary N) is 1. The molecule has 1 amide bonds. The lowest BCUT2D eigenvalue weighted by atomic mass is 10.2. The van der Waals surface area contributed by atoms with Crippen molar-refractivity contribution in [1.29, 1.82) is 0 Å². The van der Waals surface area contributed by atoms with Crippen molar-refractivity contribution in [2.75, 3.05) is 19.5 Å². The Hall–Kier alpha value is -2.75. The molecule has 0 aromatic heterocycles. The lowest BCUT2D eigenvalue weighted by Gasteiger charge is -2.06. The van der Waals surface area contributed by atoms with Gasteiger partial charge < -0.3 is 14.8 Å². The minimum absolute atomic E-state index is 0.192. The molecule has 0 aliphatic heterocycles. The van der Waals surface area contributed by atoms with E-state index in [1.165, 1.54) is 6.08 Å². The van der Waals surface area contributed by atoms with Gasteiger partial charge in [0.2, 0.25) is 5.91 Å². The van der Waals surface area contributed by atoms with Crippen LogP contribution in [0.3, 0.4) is 0 Å². The largest absolute Gasteiger partial charge is 0.497 e. The fourth-order valence-electron chi connectivity index (χ4n) is 1.80. The predicted octanol–water partition coefficient (Wildman–Crippen LogP) is 3.36. The molecule has 0 unspecified atom stereocenters. The van der Waals surface area contributed by atoms with Crippen molar-refractivity contribution in [1.82, 2.24) is 0 Å². The third-order valence-corrected chi connectivity index (χ3v) is 2.84. The fourth-order valence-corrected chi connectivity index (χ4v) is 1.80. The van der Waals surface area contributed by atoms with E-state index < -0.39 is 0 Å². The molecule has 0 bridgehead atoms. The molecular formula is C17H17NO3. The van der Waals surface area contributed by atoms with Gasteiger partial charge in [-0.3, -0.25) is 4.79 Å². The van der Waals surface area contributed by atoms with Gasteiger partial charge in [0.1, 0.15) is 11.5 Å². The van der Waals surface area contributed by atoms with E-state index in [1.807, 2.05) is 42.5 Å². The monoisotopic (exact) mass is 283 g/mol. The molecule has 1 N–H and O–H groups in total. The molecule has 4 nitrogen and oxygen atoms in total. The fraction of sp³-hybridized carbons (Fsp3) is 0.118. The number of rotatable bonds is 5. The lowest BCUT2D eigenvalue weighted by Crippen LogP contribution is -2.07. The molecule has 0 spiro atoms. The number of para-hydroxylation sites is 1. The van der Waals surface area contributed by atoms with E-state index in [0.717, 1.165) is 11.3 Å². The van der Waals surface area contributed by atoms with Crippen LogP contribution in [-0.2, 0) is 4.79 Å². The van der Waals surface area contributed by atoms with Gasteiger partial charge in [-0.15, -0.1) is 0 Å². The van der Waals surface area contributed by atoms with E-state index >= 15 is 0 Å². The van der Waals surface area contributed by atoms with E-state index in [9.17, 15) is 4.79 Å². The second-order valence-electron chi connectivity index (χ2n) is 4.33. The van der Waals surface area contributed by atoms with Crippen LogP contribution >= 0.6 is 0 Å². The Morgan fingerprint density at radius 1 is 1.00 bits per heavy atom. The van der Waals surface area contributed by atoms with Crippen LogP contribution in [0.2, 0.25) is 0 Å². The highest BCUT2D eigenvalue weighted by Crippen LogP contribution is 2.23. The average Bonchev–Trinajstić information content (AvgIpc) is 2.53. The van der Waals surface area contributed by atoms with Gasteiger partial charge in [-0.05, 0) is 35.9 Å². The number of carbonyl (C=O) groups is 1. The minimum Gasteiger partial charge on any atom is -0.497 e. The van der Waals surface area contributed by atoms with Crippen molar-refractivity contribution >= 4 is 17.7 Å². The molecule has 0 aliphatic rings. The first-order valence-corrected chi connectivity index (χ1v) is 6.48. The van der Waals surface area contributed by atoms with Gasteiger partial charge in [-0.25, -0.2) is 0 Å². The highest BCUT2D eigenvalue weighted by atomic mass is 16.5. The summed E-state index contributed by atoms with van der Waals surface area (Å²) in [6.07, 6.45) is 3.19. The number of amides is 1. The maximum absolute atomic E-state index is 11.8. The van der Waals surface area contributed by atoms with Crippen molar-refractivity contribution in [3.63, 3.8) is 0 Å². The standard InChI is InChI=1S/C17H17NO3/c1-20-15-10-13(11-16(12-15)21-2)8-9-17(19)18-14-6-4-3-5-7-14/h3-12H,1-2H3,(H,18,19)/b9-8+. The summed E-state index contributed by atoms with van der Waals surface area (Å²) in [7, 11) is 3.18. The highest BCUT2D eigenvalue weighted by Gasteiger charge is 2.01. The van der Waals surface area contributed by atoms with E-state index in [2.05, 4.69) is 5.32 Å². The third kappa shape index (κ3) is 4.38. The topological polar surface area (TPSA) is 47.6 Å². The molecular weight excluding hydrogens is 266 g/mol. The van der Waals surface area contributed by atoms with Gasteiger partial charge in [0, 0.05) is 17.8 Å². The Bertz CT molecular complexity index is 613. The van der Waals surface area contributed by atoms with Crippen LogP contribution in [0.4, 0.5) is 5.69 Å². The summed E-state index contributed by atoms with van der Waals surface area (Å²) in [6, 6.07) is 14.7. The molecule has 2 aromatic rings. The molecule has 108 valence electrons. The summed E-state index contributed by atoms with van der Waals surface area (Å²) in [5.74, 6) is 1.16. The number of carbonyl (C=O) groups excluding carboxylic acids is 1. The zero-order valence-corrected chi connectivity index (χ0v) is 12.0. The Kier molecular flexibility index (Phi) is 4.99. The number of methoxy groups -OCH3 is 2. The van der Waals surface area contributed by atoms with Crippen LogP contribution in [-0.4, -0.2) is 20.1 Å². The van der Waals surface area contributed by atoms with E-state index in [0.29, 0.717) is 11.5 Å². The first-order valence-electron chi connectivity index (χ1n) is 6.48. The van der Waals surface area contributed by atoms with Crippen LogP contribution in [0.1, 0.15) is 5.56 Å². The molecule has 0 atom stereocenters. The van der Waals surface area contributed by atoms with Gasteiger partial charge in [-0.1, -0.05) is 18.2 Å². The first kappa shape index (κ1) is 14.7. The third-order valence-electron chi connectivity index (χ3n) is 2.84. The Labute approximate surface area is 124 Å². The second kappa shape index (κ2) is 7.14. The molecule has 0 saturated carbocycles. The van der Waals surface area contributed by atoms with Crippen LogP contribution in [0, 0.1) is 0 Å². The number of anilines is 1. The zero-order chi connectivity index (χ0) is 15.1. The molecule has 21 heavy (non-hydrogen) atoms. The molecule has 0 saturated heterocycles. The SMILES string of the molecule is COc1cc(/C=C/C(=O)Nc2ccccc2)cc(OC)c1. The van der Waals surface area contributed by atoms with Crippen LogP contribution in [0.15, 0.2) is 54.6 Å². The minimum atomic E-state index is -0.192. The van der Waals surface area contributed by atoms with Crippen LogP contribution in [0.25, 0.3) is 6.08 Å². The van der Waals surface area contributed by atoms with Gasteiger partial charge in [0.15, 0.2) is 0 Å². The summed E-state index contributed by atoms with van der Waals surface area (Å²) in [5.41, 5.74) is 1.59. The van der Waals surface area contributed by atoms with Crippen molar-refractivity contribution < 1.29 is 14.3 Å². The highest BCUT2D eigenvalue weighted by molar-refractivity contribution is 6.01. The number of benzene rings is 2. The first-order chi connectivity index (χ1) is 10.2. The van der Waals surface area contributed by atoms with Crippen molar-refractivity contribution in [2.45, 2.75) is 0 Å². The maximum Gasteiger partial charge on any atom is 0.248 e. The smallest absolute Gasteiger partial charge is 0.248 e. The molecule has 0 aliphatic carbocycles. The Balaban J connectivity index is 2.08. The van der Waals surface area contributed by atoms with Gasteiger partial charge in [-0.2, -0.15) is 0 Å². The molecule has 2 rings (SSSR count). The molecule has 0 fully saturated rings. The van der Waals surface area contributed by atoms with Crippen LogP contribution in [0.5, 0.6) is 11.5 Å². The predicted molar refractivity (Wildman–Crippen MR) is 83.7 cm³/mol. The molecule has 4 heteroatoms. The van der Waals surface area contributed by atoms with Crippen molar-refractivity contribution in [3.05, 3.63) is 60.2 Å². The van der Waals surface area contributed by atoms with E-state index in [4.69, 9.17) is 9.47 Å². The number of hydrogen-bond donors (Lipinski definition) is 1. The van der Waals surface area contributed by atoms with Crippen molar-refractivity contribution in [3.8, 4) is 11.5 Å². The van der Waals surface area contributed by atoms with E-state index in [1.54, 1.807) is 26.4 Å². The Morgan fingerprint density at radius 3 is 2.19 bits per heavy atom. The van der Waals surface area contributed by atoms with Crippen LogP contribution < -0.4 is 14.8 Å². The summed E-state index contributed by atoms with van der Waals surface area (Å²) >= 11 is 0. The molecule has 0 heterocycles. The normalized spacial score (nSPS) is 10.4. The molecule has 0 radical (unpaired) electrons.